The number of aryl methyl sites for hydroxylation is 4. The molecule has 14 aromatic rings. The van der Waals surface area contributed by atoms with Crippen LogP contribution in [0.5, 0.6) is 0 Å². The first-order chi connectivity index (χ1) is 39.2. The number of pyridine rings is 1. The summed E-state index contributed by atoms with van der Waals surface area (Å²) in [4.78, 5) is 5.27. The number of nitriles is 1. The van der Waals surface area contributed by atoms with E-state index in [0.29, 0.717) is 5.56 Å². The van der Waals surface area contributed by atoms with Crippen molar-refractivity contribution in [3.05, 3.63) is 283 Å². The predicted molar refractivity (Wildman–Crippen MR) is 335 cm³/mol. The zero-order valence-corrected chi connectivity index (χ0v) is 45.0. The molecule has 0 saturated carbocycles. The van der Waals surface area contributed by atoms with Crippen molar-refractivity contribution >= 4 is 43.6 Å². The lowest BCUT2D eigenvalue weighted by atomic mass is 9.92. The van der Waals surface area contributed by atoms with E-state index in [0.717, 1.165) is 133 Å². The molecule has 3 heterocycles. The molecule has 0 spiro atoms. The van der Waals surface area contributed by atoms with Gasteiger partial charge in [-0.1, -0.05) is 229 Å². The monoisotopic (exact) mass is 1020 g/mol. The van der Waals surface area contributed by atoms with E-state index in [4.69, 9.17) is 4.98 Å². The van der Waals surface area contributed by atoms with Crippen LogP contribution in [0.3, 0.4) is 0 Å². The quantitative estimate of drug-likeness (QED) is 0.145. The Kier molecular flexibility index (Phi) is 11.8. The van der Waals surface area contributed by atoms with Crippen LogP contribution in [0.1, 0.15) is 27.8 Å². The highest BCUT2D eigenvalue weighted by Crippen LogP contribution is 2.45. The summed E-state index contributed by atoms with van der Waals surface area (Å²) in [5.41, 5.74) is 25.8. The average Bonchev–Trinajstić information content (AvgIpc) is 3.96. The maximum absolute atomic E-state index is 12.3. The maximum atomic E-state index is 12.3. The van der Waals surface area contributed by atoms with E-state index >= 15 is 0 Å². The number of hydrogen-bond acceptors (Lipinski definition) is 2. The van der Waals surface area contributed by atoms with E-state index < -0.39 is 0 Å². The van der Waals surface area contributed by atoms with Gasteiger partial charge in [-0.15, -0.1) is 0 Å². The third-order valence-corrected chi connectivity index (χ3v) is 16.0. The normalized spacial score (nSPS) is 11.5. The molecule has 3 aromatic heterocycles. The topological polar surface area (TPSA) is 46.5 Å². The van der Waals surface area contributed by atoms with Gasteiger partial charge in [0.25, 0.3) is 0 Å². The highest BCUT2D eigenvalue weighted by atomic mass is 15.0. The van der Waals surface area contributed by atoms with Crippen LogP contribution >= 0.6 is 0 Å². The summed E-state index contributed by atoms with van der Waals surface area (Å²) in [5.74, 6) is 0. The average molecular weight is 1020 g/mol. The Bertz CT molecular complexity index is 4390. The van der Waals surface area contributed by atoms with Crippen molar-refractivity contribution in [3.8, 4) is 95.5 Å². The van der Waals surface area contributed by atoms with Gasteiger partial charge in [0.1, 0.15) is 11.6 Å². The van der Waals surface area contributed by atoms with E-state index in [1.165, 1.54) is 22.3 Å². The molecule has 80 heavy (non-hydrogen) atoms. The van der Waals surface area contributed by atoms with Gasteiger partial charge < -0.3 is 9.13 Å². The first kappa shape index (κ1) is 48.1. The highest BCUT2D eigenvalue weighted by Gasteiger charge is 2.26. The van der Waals surface area contributed by atoms with Crippen LogP contribution in [0.15, 0.2) is 255 Å². The molecule has 0 fully saturated rings. The summed E-state index contributed by atoms with van der Waals surface area (Å²) < 4.78 is 4.74. The summed E-state index contributed by atoms with van der Waals surface area (Å²) in [5, 5.41) is 16.7. The van der Waals surface area contributed by atoms with E-state index in [2.05, 4.69) is 286 Å². The summed E-state index contributed by atoms with van der Waals surface area (Å²) in [6.45, 7) is 8.58. The van der Waals surface area contributed by atoms with Crippen LogP contribution in [-0.2, 0) is 0 Å². The molecule has 14 rings (SSSR count). The largest absolute Gasteiger partial charge is 0.308 e. The van der Waals surface area contributed by atoms with Crippen molar-refractivity contribution in [1.82, 2.24) is 14.1 Å². The van der Waals surface area contributed by atoms with E-state index in [9.17, 15) is 5.26 Å². The van der Waals surface area contributed by atoms with Gasteiger partial charge in [0.05, 0.1) is 39.1 Å². The Balaban J connectivity index is 1.14. The minimum Gasteiger partial charge on any atom is -0.308 e. The zero-order chi connectivity index (χ0) is 54.0. The Hall–Kier alpha value is -10.3. The van der Waals surface area contributed by atoms with Gasteiger partial charge >= 0.3 is 0 Å². The molecule has 11 aromatic carbocycles. The van der Waals surface area contributed by atoms with E-state index in [1.807, 2.05) is 12.3 Å². The molecule has 0 amide bonds. The fourth-order valence-electron chi connectivity index (χ4n) is 12.2. The third-order valence-electron chi connectivity index (χ3n) is 16.0. The molecule has 0 aliphatic rings. The van der Waals surface area contributed by atoms with Crippen LogP contribution in [0.4, 0.5) is 0 Å². The van der Waals surface area contributed by atoms with Gasteiger partial charge in [-0.2, -0.15) is 5.26 Å². The standard InChI is InChI=1S/C76H54N4/c1-48-15-10-21-53(37-48)57-28-32-64-65-33-29-58(54-22-11-16-49(2)38-54)42-71(65)79(70(64)41-57)74-45-61(63-27-14-36-78-76(63)68-26-9-8-25-62(68)52-19-6-5-7-20-52)46-75(69(74)47-77)80-72-43-59(55-23-12-17-50(3)39-55)30-34-66(72)67-35-31-60(44-73(67)80)56-24-13-18-51(4)40-56/h5-46H,1-4H3. The molecule has 0 radical (unpaired) electrons. The second-order valence-electron chi connectivity index (χ2n) is 21.4. The number of benzene rings is 11. The number of fused-ring (bicyclic) bond motifs is 6. The van der Waals surface area contributed by atoms with Gasteiger partial charge in [-0.05, 0) is 131 Å². The fourth-order valence-corrected chi connectivity index (χ4v) is 12.2. The summed E-state index contributed by atoms with van der Waals surface area (Å²) in [6.07, 6.45) is 1.89. The molecule has 0 N–H and O–H groups in total. The first-order valence-corrected chi connectivity index (χ1v) is 27.4. The lowest BCUT2D eigenvalue weighted by molar-refractivity contribution is 1.12. The van der Waals surface area contributed by atoms with Gasteiger partial charge in [0, 0.05) is 38.9 Å². The van der Waals surface area contributed by atoms with Crippen LogP contribution in [0, 0.1) is 39.0 Å². The van der Waals surface area contributed by atoms with Gasteiger partial charge in [-0.25, -0.2) is 0 Å². The minimum atomic E-state index is 0.547. The molecule has 0 aliphatic heterocycles. The van der Waals surface area contributed by atoms with E-state index in [-0.39, 0.29) is 0 Å². The first-order valence-electron chi connectivity index (χ1n) is 27.4. The molecular formula is C76H54N4. The lowest BCUT2D eigenvalue weighted by Gasteiger charge is -2.20. The molecule has 0 unspecified atom stereocenters. The van der Waals surface area contributed by atoms with Crippen LogP contribution < -0.4 is 0 Å². The molecular weight excluding hydrogens is 969 g/mol. The van der Waals surface area contributed by atoms with Crippen molar-refractivity contribution in [3.63, 3.8) is 0 Å². The fraction of sp³-hybridized carbons (Fsp3) is 0.0526. The SMILES string of the molecule is Cc1cccc(-c2ccc3c4ccc(-c5cccc(C)c5)cc4n(-c4cc(-c5cccnc5-c5ccccc5-c5ccccc5)cc(-n5c6cc(-c7cccc(C)c7)ccc6c6ccc(-c7cccc(C)c7)cc65)c4C#N)c3c2)c1. The van der Waals surface area contributed by atoms with Gasteiger partial charge in [0.15, 0.2) is 0 Å². The van der Waals surface area contributed by atoms with Crippen LogP contribution in [0.2, 0.25) is 0 Å². The molecule has 4 heteroatoms. The number of aromatic nitrogens is 3. The van der Waals surface area contributed by atoms with Crippen molar-refractivity contribution in [2.75, 3.05) is 0 Å². The van der Waals surface area contributed by atoms with Crippen molar-refractivity contribution < 1.29 is 0 Å². The number of nitrogens with zero attached hydrogens (tertiary/aromatic N) is 4. The summed E-state index contributed by atoms with van der Waals surface area (Å²) in [7, 11) is 0. The third kappa shape index (κ3) is 8.36. The molecule has 0 atom stereocenters. The Morgan fingerprint density at radius 3 is 1.04 bits per heavy atom. The van der Waals surface area contributed by atoms with Crippen LogP contribution in [-0.4, -0.2) is 14.1 Å². The molecule has 0 bridgehead atoms. The Labute approximate surface area is 466 Å². The van der Waals surface area contributed by atoms with Crippen molar-refractivity contribution in [1.29, 1.82) is 5.26 Å². The molecule has 4 nitrogen and oxygen atoms in total. The Morgan fingerprint density at radius 2 is 0.650 bits per heavy atom. The number of hydrogen-bond donors (Lipinski definition) is 0. The Morgan fingerprint density at radius 1 is 0.300 bits per heavy atom. The van der Waals surface area contributed by atoms with Crippen molar-refractivity contribution in [2.24, 2.45) is 0 Å². The number of rotatable bonds is 9. The molecule has 0 saturated heterocycles. The maximum Gasteiger partial charge on any atom is 0.104 e. The predicted octanol–water partition coefficient (Wildman–Crippen LogP) is 20.1. The van der Waals surface area contributed by atoms with Gasteiger partial charge in [-0.3, -0.25) is 4.98 Å². The van der Waals surface area contributed by atoms with Crippen molar-refractivity contribution in [2.45, 2.75) is 27.7 Å². The lowest BCUT2D eigenvalue weighted by Crippen LogP contribution is -2.06. The molecule has 0 aliphatic carbocycles. The minimum absolute atomic E-state index is 0.547. The molecule has 378 valence electrons. The summed E-state index contributed by atoms with van der Waals surface area (Å²) >= 11 is 0. The van der Waals surface area contributed by atoms with Gasteiger partial charge in [0.2, 0.25) is 0 Å². The zero-order valence-electron chi connectivity index (χ0n) is 45.0. The second-order valence-corrected chi connectivity index (χ2v) is 21.4. The highest BCUT2D eigenvalue weighted by molar-refractivity contribution is 6.13. The van der Waals surface area contributed by atoms with Crippen LogP contribution in [0.25, 0.3) is 133 Å². The summed E-state index contributed by atoms with van der Waals surface area (Å²) in [6, 6.07) is 92.9. The second kappa shape index (κ2) is 19.6. The smallest absolute Gasteiger partial charge is 0.104 e. The van der Waals surface area contributed by atoms with E-state index in [1.54, 1.807) is 0 Å².